The summed E-state index contributed by atoms with van der Waals surface area (Å²) in [6, 6.07) is 4.89. The van der Waals surface area contributed by atoms with E-state index in [1.54, 1.807) is 12.1 Å². The minimum atomic E-state index is -0.304. The Bertz CT molecular complexity index is 346. The maximum atomic E-state index is 13.4. The fraction of sp³-hybridized carbons (Fsp3) is 0.538. The molecule has 1 aromatic rings. The maximum Gasteiger partial charge on any atom is 0.165 e. The zero-order valence-electron chi connectivity index (χ0n) is 9.54. The Labute approximate surface area is 95.4 Å². The molecule has 0 aromatic heterocycles. The highest BCUT2D eigenvalue weighted by Crippen LogP contribution is 2.20. The number of hydrogen-bond donors (Lipinski definition) is 0. The van der Waals surface area contributed by atoms with E-state index in [0.717, 1.165) is 25.0 Å². The van der Waals surface area contributed by atoms with Gasteiger partial charge in [-0.1, -0.05) is 6.07 Å². The van der Waals surface area contributed by atoms with Gasteiger partial charge in [-0.05, 0) is 43.9 Å². The molecule has 1 aliphatic heterocycles. The summed E-state index contributed by atoms with van der Waals surface area (Å²) in [5.41, 5.74) is 1.00. The van der Waals surface area contributed by atoms with Crippen LogP contribution in [-0.4, -0.2) is 19.3 Å². The topological polar surface area (TPSA) is 18.5 Å². The molecule has 2 nitrogen and oxygen atoms in total. The molecular weight excluding hydrogens is 207 g/mol. The number of aryl methyl sites for hydroxylation is 1. The summed E-state index contributed by atoms with van der Waals surface area (Å²) in [4.78, 5) is 0. The number of benzene rings is 1. The first kappa shape index (κ1) is 11.4. The van der Waals surface area contributed by atoms with Crippen molar-refractivity contribution in [2.24, 2.45) is 0 Å². The molecule has 0 saturated carbocycles. The Morgan fingerprint density at radius 2 is 2.31 bits per heavy atom. The lowest BCUT2D eigenvalue weighted by Crippen LogP contribution is -2.26. The SMILES string of the molecule is Cc1ccc(F)c(OCC2CCCCO2)c1. The minimum Gasteiger partial charge on any atom is -0.488 e. The molecule has 0 amide bonds. The van der Waals surface area contributed by atoms with Gasteiger partial charge in [0.2, 0.25) is 0 Å². The zero-order valence-corrected chi connectivity index (χ0v) is 9.54. The Morgan fingerprint density at radius 3 is 3.06 bits per heavy atom. The molecule has 1 aromatic carbocycles. The Balaban J connectivity index is 1.90. The van der Waals surface area contributed by atoms with E-state index in [1.807, 2.05) is 6.92 Å². The first-order valence-electron chi connectivity index (χ1n) is 5.76. The quantitative estimate of drug-likeness (QED) is 0.785. The fourth-order valence-electron chi connectivity index (χ4n) is 1.84. The van der Waals surface area contributed by atoms with Gasteiger partial charge >= 0.3 is 0 Å². The van der Waals surface area contributed by atoms with Crippen LogP contribution in [0, 0.1) is 12.7 Å². The van der Waals surface area contributed by atoms with Gasteiger partial charge in [-0.25, -0.2) is 4.39 Å². The first-order valence-corrected chi connectivity index (χ1v) is 5.76. The Morgan fingerprint density at radius 1 is 1.44 bits per heavy atom. The van der Waals surface area contributed by atoms with E-state index in [2.05, 4.69) is 0 Å². The molecule has 1 heterocycles. The zero-order chi connectivity index (χ0) is 11.4. The van der Waals surface area contributed by atoms with Crippen LogP contribution in [0.25, 0.3) is 0 Å². The predicted octanol–water partition coefficient (Wildman–Crippen LogP) is 3.08. The summed E-state index contributed by atoms with van der Waals surface area (Å²) in [7, 11) is 0. The summed E-state index contributed by atoms with van der Waals surface area (Å²) in [5.74, 6) is 0.0237. The van der Waals surface area contributed by atoms with Crippen LogP contribution in [0.1, 0.15) is 24.8 Å². The van der Waals surface area contributed by atoms with Gasteiger partial charge < -0.3 is 9.47 Å². The highest BCUT2D eigenvalue weighted by atomic mass is 19.1. The number of ether oxygens (including phenoxy) is 2. The summed E-state index contributed by atoms with van der Waals surface area (Å²) in [6.45, 7) is 3.16. The third kappa shape index (κ3) is 2.95. The van der Waals surface area contributed by atoms with Crippen molar-refractivity contribution in [3.05, 3.63) is 29.6 Å². The smallest absolute Gasteiger partial charge is 0.165 e. The van der Waals surface area contributed by atoms with E-state index in [4.69, 9.17) is 9.47 Å². The highest BCUT2D eigenvalue weighted by Gasteiger charge is 2.15. The monoisotopic (exact) mass is 224 g/mol. The molecule has 1 atom stereocenters. The number of rotatable bonds is 3. The van der Waals surface area contributed by atoms with Crippen molar-refractivity contribution in [3.8, 4) is 5.75 Å². The summed E-state index contributed by atoms with van der Waals surface area (Å²) >= 11 is 0. The standard InChI is InChI=1S/C13H17FO2/c1-10-5-6-12(14)13(8-10)16-9-11-4-2-3-7-15-11/h5-6,8,11H,2-4,7,9H2,1H3. The first-order chi connectivity index (χ1) is 7.75. The molecule has 0 N–H and O–H groups in total. The normalized spacial score (nSPS) is 20.8. The molecule has 16 heavy (non-hydrogen) atoms. The van der Waals surface area contributed by atoms with Gasteiger partial charge in [-0.15, -0.1) is 0 Å². The molecule has 0 radical (unpaired) electrons. The van der Waals surface area contributed by atoms with Crippen LogP contribution >= 0.6 is 0 Å². The average Bonchev–Trinajstić information content (AvgIpc) is 2.32. The Hall–Kier alpha value is -1.09. The van der Waals surface area contributed by atoms with E-state index in [-0.39, 0.29) is 11.9 Å². The molecule has 1 fully saturated rings. The molecule has 1 unspecified atom stereocenters. The number of hydrogen-bond acceptors (Lipinski definition) is 2. The van der Waals surface area contributed by atoms with Gasteiger partial charge in [-0.2, -0.15) is 0 Å². The van der Waals surface area contributed by atoms with Crippen LogP contribution in [0.5, 0.6) is 5.75 Å². The van der Waals surface area contributed by atoms with Crippen molar-refractivity contribution in [2.75, 3.05) is 13.2 Å². The lowest BCUT2D eigenvalue weighted by molar-refractivity contribution is -0.0117. The van der Waals surface area contributed by atoms with Gasteiger partial charge in [0, 0.05) is 6.61 Å². The third-order valence-electron chi connectivity index (χ3n) is 2.79. The number of halogens is 1. The van der Waals surface area contributed by atoms with Gasteiger partial charge in [0.25, 0.3) is 0 Å². The van der Waals surface area contributed by atoms with E-state index in [9.17, 15) is 4.39 Å². The van der Waals surface area contributed by atoms with E-state index < -0.39 is 0 Å². The predicted molar refractivity (Wildman–Crippen MR) is 60.2 cm³/mol. The second-order valence-electron chi connectivity index (χ2n) is 4.23. The summed E-state index contributed by atoms with van der Waals surface area (Å²) in [5, 5.41) is 0. The molecule has 2 rings (SSSR count). The summed E-state index contributed by atoms with van der Waals surface area (Å²) in [6.07, 6.45) is 3.42. The van der Waals surface area contributed by atoms with Crippen LogP contribution in [0.3, 0.4) is 0 Å². The molecular formula is C13H17FO2. The van der Waals surface area contributed by atoms with Crippen LogP contribution in [0.15, 0.2) is 18.2 Å². The third-order valence-corrected chi connectivity index (χ3v) is 2.79. The lowest BCUT2D eigenvalue weighted by atomic mass is 10.1. The van der Waals surface area contributed by atoms with Crippen LogP contribution in [-0.2, 0) is 4.74 Å². The van der Waals surface area contributed by atoms with Crippen molar-refractivity contribution in [2.45, 2.75) is 32.3 Å². The van der Waals surface area contributed by atoms with E-state index >= 15 is 0 Å². The van der Waals surface area contributed by atoms with E-state index in [0.29, 0.717) is 12.4 Å². The van der Waals surface area contributed by atoms with E-state index in [1.165, 1.54) is 12.5 Å². The Kier molecular flexibility index (Phi) is 3.78. The van der Waals surface area contributed by atoms with Gasteiger partial charge in [0.05, 0.1) is 6.10 Å². The van der Waals surface area contributed by atoms with Gasteiger partial charge in [-0.3, -0.25) is 0 Å². The van der Waals surface area contributed by atoms with Crippen LogP contribution < -0.4 is 4.74 Å². The molecule has 0 aliphatic carbocycles. The average molecular weight is 224 g/mol. The fourth-order valence-corrected chi connectivity index (χ4v) is 1.84. The van der Waals surface area contributed by atoms with Crippen molar-refractivity contribution in [1.82, 2.24) is 0 Å². The molecule has 0 spiro atoms. The molecule has 3 heteroatoms. The van der Waals surface area contributed by atoms with Crippen LogP contribution in [0.4, 0.5) is 4.39 Å². The molecule has 0 bridgehead atoms. The largest absolute Gasteiger partial charge is 0.488 e. The van der Waals surface area contributed by atoms with Gasteiger partial charge in [0.15, 0.2) is 11.6 Å². The van der Waals surface area contributed by atoms with Crippen LogP contribution in [0.2, 0.25) is 0 Å². The molecule has 1 aliphatic rings. The second kappa shape index (κ2) is 5.30. The van der Waals surface area contributed by atoms with Crippen molar-refractivity contribution in [1.29, 1.82) is 0 Å². The molecule has 1 saturated heterocycles. The van der Waals surface area contributed by atoms with Crippen molar-refractivity contribution in [3.63, 3.8) is 0 Å². The minimum absolute atomic E-state index is 0.119. The maximum absolute atomic E-state index is 13.4. The van der Waals surface area contributed by atoms with Crippen molar-refractivity contribution >= 4 is 0 Å². The van der Waals surface area contributed by atoms with Gasteiger partial charge in [0.1, 0.15) is 6.61 Å². The molecule has 88 valence electrons. The lowest BCUT2D eigenvalue weighted by Gasteiger charge is -2.22. The second-order valence-corrected chi connectivity index (χ2v) is 4.23. The van der Waals surface area contributed by atoms with Crippen molar-refractivity contribution < 1.29 is 13.9 Å². The summed E-state index contributed by atoms with van der Waals surface area (Å²) < 4.78 is 24.3. The highest BCUT2D eigenvalue weighted by molar-refractivity contribution is 5.29.